The minimum atomic E-state index is -1.39. The molecule has 0 bridgehead atoms. The molecular formula is C35H64N2O7. The fourth-order valence-corrected chi connectivity index (χ4v) is 4.98. The minimum absolute atomic E-state index is 0.116. The molecule has 0 aliphatic carbocycles. The smallest absolute Gasteiger partial charge is 0.328 e. The maximum atomic E-state index is 12.5. The Morgan fingerprint density at radius 3 is 1.77 bits per heavy atom. The normalized spacial score (nSPS) is 12.6. The molecule has 0 aromatic heterocycles. The lowest BCUT2D eigenvalue weighted by Gasteiger charge is -2.15. The zero-order valence-electron chi connectivity index (χ0n) is 27.9. The van der Waals surface area contributed by atoms with Crippen LogP contribution < -0.4 is 10.6 Å². The predicted octanol–water partition coefficient (Wildman–Crippen LogP) is 7.14. The maximum Gasteiger partial charge on any atom is 0.328 e. The van der Waals surface area contributed by atoms with Crippen molar-refractivity contribution < 1.29 is 34.1 Å². The molecule has 2 atom stereocenters. The Kier molecular flexibility index (Phi) is 28.9. The molecule has 0 saturated heterocycles. The number of allylic oxidation sites excluding steroid dienone is 1. The summed E-state index contributed by atoms with van der Waals surface area (Å²) < 4.78 is 5.83. The molecule has 0 radical (unpaired) electrons. The van der Waals surface area contributed by atoms with Gasteiger partial charge in [-0.1, -0.05) is 116 Å². The van der Waals surface area contributed by atoms with Crippen molar-refractivity contribution >= 4 is 23.8 Å². The summed E-state index contributed by atoms with van der Waals surface area (Å²) in [4.78, 5) is 47.1. The third kappa shape index (κ3) is 27.2. The predicted molar refractivity (Wildman–Crippen MR) is 176 cm³/mol. The van der Waals surface area contributed by atoms with Crippen LogP contribution in [0.25, 0.3) is 0 Å². The van der Waals surface area contributed by atoms with Crippen LogP contribution >= 0.6 is 0 Å². The van der Waals surface area contributed by atoms with Crippen molar-refractivity contribution in [2.24, 2.45) is 0 Å². The average Bonchev–Trinajstić information content (AvgIpc) is 3.00. The molecule has 0 aromatic carbocycles. The second-order valence-electron chi connectivity index (χ2n) is 12.0. The van der Waals surface area contributed by atoms with Crippen LogP contribution in [0, 0.1) is 0 Å². The Morgan fingerprint density at radius 1 is 0.682 bits per heavy atom. The minimum Gasteiger partial charge on any atom is -0.480 e. The van der Waals surface area contributed by atoms with Crippen molar-refractivity contribution in [2.45, 2.75) is 174 Å². The Morgan fingerprint density at radius 2 is 1.20 bits per heavy atom. The molecule has 9 heteroatoms. The van der Waals surface area contributed by atoms with Gasteiger partial charge in [-0.25, -0.2) is 4.79 Å². The molecule has 0 aromatic rings. The van der Waals surface area contributed by atoms with E-state index in [9.17, 15) is 19.2 Å². The van der Waals surface area contributed by atoms with Gasteiger partial charge in [-0.2, -0.15) is 0 Å². The summed E-state index contributed by atoms with van der Waals surface area (Å²) in [5, 5.41) is 22.4. The number of esters is 1. The van der Waals surface area contributed by atoms with E-state index >= 15 is 0 Å². The van der Waals surface area contributed by atoms with E-state index in [1.165, 1.54) is 77.0 Å². The topological polar surface area (TPSA) is 142 Å². The maximum absolute atomic E-state index is 12.5. The SMILES string of the molecule is CCCCC/C=C\C(CCCCCCC(=O)NCC(=O)NC(CO)C(=O)O)OC(=O)CCCCCCCCCCCCCC. The number of amides is 2. The number of aliphatic hydroxyl groups excluding tert-OH is 1. The van der Waals surface area contributed by atoms with E-state index in [4.69, 9.17) is 14.9 Å². The van der Waals surface area contributed by atoms with Crippen LogP contribution in [-0.4, -0.2) is 59.3 Å². The van der Waals surface area contributed by atoms with E-state index in [1.807, 2.05) is 6.08 Å². The first-order valence-electron chi connectivity index (χ1n) is 17.6. The molecule has 2 amide bonds. The molecular weight excluding hydrogens is 560 g/mol. The molecule has 44 heavy (non-hydrogen) atoms. The van der Waals surface area contributed by atoms with Gasteiger partial charge >= 0.3 is 11.9 Å². The van der Waals surface area contributed by atoms with E-state index < -0.39 is 24.5 Å². The Hall–Kier alpha value is -2.42. The number of rotatable bonds is 31. The molecule has 0 spiro atoms. The lowest BCUT2D eigenvalue weighted by atomic mass is 10.0. The van der Waals surface area contributed by atoms with Crippen LogP contribution in [-0.2, 0) is 23.9 Å². The van der Waals surface area contributed by atoms with Crippen molar-refractivity contribution in [3.8, 4) is 0 Å². The van der Waals surface area contributed by atoms with Gasteiger partial charge in [-0.3, -0.25) is 14.4 Å². The van der Waals surface area contributed by atoms with Gasteiger partial charge in [0.1, 0.15) is 12.1 Å². The molecule has 0 saturated carbocycles. The molecule has 0 heterocycles. The standard InChI is InChI=1S/C35H64N2O7/c1-3-5-7-9-10-11-12-13-14-15-17-23-27-34(41)44-30(24-20-16-8-6-4-2)25-21-18-19-22-26-32(39)36-28-33(40)37-31(29-38)35(42)43/h20,24,30-31,38H,3-19,21-23,25-29H2,1-2H3,(H,36,39)(H,37,40)(H,42,43)/b24-20-. The number of hydrogen-bond acceptors (Lipinski definition) is 6. The summed E-state index contributed by atoms with van der Waals surface area (Å²) in [5.41, 5.74) is 0. The average molecular weight is 625 g/mol. The van der Waals surface area contributed by atoms with Crippen LogP contribution in [0.5, 0.6) is 0 Å². The summed E-state index contributed by atoms with van der Waals surface area (Å²) in [6.07, 6.45) is 28.4. The van der Waals surface area contributed by atoms with Gasteiger partial charge in [0.05, 0.1) is 13.2 Å². The zero-order valence-corrected chi connectivity index (χ0v) is 27.9. The monoisotopic (exact) mass is 624 g/mol. The highest BCUT2D eigenvalue weighted by molar-refractivity contribution is 5.87. The number of aliphatic hydroxyl groups is 1. The van der Waals surface area contributed by atoms with Crippen LogP contribution in [0.4, 0.5) is 0 Å². The first kappa shape index (κ1) is 41.6. The number of hydrogen-bond donors (Lipinski definition) is 4. The molecule has 0 aliphatic heterocycles. The van der Waals surface area contributed by atoms with Crippen LogP contribution in [0.15, 0.2) is 12.2 Å². The molecule has 0 aliphatic rings. The number of carbonyl (C=O) groups excluding carboxylic acids is 3. The number of carboxylic acid groups (broad SMARTS) is 1. The number of nitrogens with one attached hydrogen (secondary N) is 2. The second-order valence-corrected chi connectivity index (χ2v) is 12.0. The number of aliphatic carboxylic acids is 1. The van der Waals surface area contributed by atoms with Gasteiger partial charge in [0.15, 0.2) is 0 Å². The molecule has 0 rings (SSSR count). The lowest BCUT2D eigenvalue weighted by molar-refractivity contribution is -0.147. The third-order valence-electron chi connectivity index (χ3n) is 7.75. The molecule has 2 unspecified atom stereocenters. The highest BCUT2D eigenvalue weighted by Gasteiger charge is 2.18. The van der Waals surface area contributed by atoms with E-state index in [0.717, 1.165) is 51.4 Å². The lowest BCUT2D eigenvalue weighted by Crippen LogP contribution is -2.47. The van der Waals surface area contributed by atoms with E-state index in [0.29, 0.717) is 12.8 Å². The zero-order chi connectivity index (χ0) is 32.7. The van der Waals surface area contributed by atoms with Crippen LogP contribution in [0.3, 0.4) is 0 Å². The Balaban J connectivity index is 4.16. The van der Waals surface area contributed by atoms with Gasteiger partial charge in [0.25, 0.3) is 0 Å². The van der Waals surface area contributed by atoms with E-state index in [-0.39, 0.29) is 30.9 Å². The van der Waals surface area contributed by atoms with Crippen molar-refractivity contribution in [3.63, 3.8) is 0 Å². The van der Waals surface area contributed by atoms with Crippen LogP contribution in [0.1, 0.15) is 162 Å². The van der Waals surface area contributed by atoms with E-state index in [2.05, 4.69) is 30.6 Å². The van der Waals surface area contributed by atoms with Crippen molar-refractivity contribution in [2.75, 3.05) is 13.2 Å². The largest absolute Gasteiger partial charge is 0.480 e. The quantitative estimate of drug-likeness (QED) is 0.0365. The second kappa shape index (κ2) is 30.6. The molecule has 256 valence electrons. The summed E-state index contributed by atoms with van der Waals surface area (Å²) in [7, 11) is 0. The van der Waals surface area contributed by atoms with Gasteiger partial charge < -0.3 is 25.6 Å². The fraction of sp³-hybridized carbons (Fsp3) is 0.829. The van der Waals surface area contributed by atoms with Crippen LogP contribution in [0.2, 0.25) is 0 Å². The first-order chi connectivity index (χ1) is 21.3. The Labute approximate surface area is 267 Å². The summed E-state index contributed by atoms with van der Waals surface area (Å²) in [6, 6.07) is -1.39. The number of ether oxygens (including phenoxy) is 1. The summed E-state index contributed by atoms with van der Waals surface area (Å²) in [6.45, 7) is 3.38. The number of unbranched alkanes of at least 4 members (excludes halogenated alkanes) is 17. The third-order valence-corrected chi connectivity index (χ3v) is 7.75. The first-order valence-corrected chi connectivity index (χ1v) is 17.6. The van der Waals surface area contributed by atoms with Gasteiger partial charge in [-0.05, 0) is 44.6 Å². The van der Waals surface area contributed by atoms with Crippen molar-refractivity contribution in [1.29, 1.82) is 0 Å². The Bertz CT molecular complexity index is 772. The summed E-state index contributed by atoms with van der Waals surface area (Å²) >= 11 is 0. The molecule has 0 fully saturated rings. The highest BCUT2D eigenvalue weighted by Crippen LogP contribution is 2.15. The van der Waals surface area contributed by atoms with Gasteiger partial charge in [0, 0.05) is 12.8 Å². The number of carbonyl (C=O) groups is 4. The van der Waals surface area contributed by atoms with Crippen molar-refractivity contribution in [3.05, 3.63) is 12.2 Å². The fourth-order valence-electron chi connectivity index (χ4n) is 4.98. The molecule has 9 nitrogen and oxygen atoms in total. The summed E-state index contributed by atoms with van der Waals surface area (Å²) in [5.74, 6) is -2.40. The highest BCUT2D eigenvalue weighted by atomic mass is 16.5. The van der Waals surface area contributed by atoms with Crippen molar-refractivity contribution in [1.82, 2.24) is 10.6 Å². The van der Waals surface area contributed by atoms with Gasteiger partial charge in [-0.15, -0.1) is 0 Å². The van der Waals surface area contributed by atoms with E-state index in [1.54, 1.807) is 0 Å². The molecule has 4 N–H and O–H groups in total. The number of carboxylic acids is 1. The van der Waals surface area contributed by atoms with Gasteiger partial charge in [0.2, 0.25) is 11.8 Å².